The largest absolute Gasteiger partial charge is 0.348 e. The van der Waals surface area contributed by atoms with Crippen molar-refractivity contribution in [3.8, 4) is 0 Å². The fourth-order valence-corrected chi connectivity index (χ4v) is 2.18. The number of aromatic amines is 1. The van der Waals surface area contributed by atoms with Gasteiger partial charge in [-0.1, -0.05) is 42.5 Å². The average Bonchev–Trinajstić information content (AvgIpc) is 2.75. The normalized spacial score (nSPS) is 10.9. The standard InChI is InChI=1S/C15H14N2/c1-11-10-16-15(17-11)9-13-7-4-6-12-5-2-3-8-14(12)13/h2-8,10H,9H2,1H3,(H,16,17). The second-order valence-electron chi connectivity index (χ2n) is 4.30. The molecular weight excluding hydrogens is 208 g/mol. The fraction of sp³-hybridized carbons (Fsp3) is 0.133. The van der Waals surface area contributed by atoms with Crippen LogP contribution in [-0.4, -0.2) is 9.97 Å². The van der Waals surface area contributed by atoms with Crippen molar-refractivity contribution in [3.05, 3.63) is 65.7 Å². The van der Waals surface area contributed by atoms with E-state index in [1.165, 1.54) is 16.3 Å². The van der Waals surface area contributed by atoms with Gasteiger partial charge in [-0.15, -0.1) is 0 Å². The Morgan fingerprint density at radius 2 is 1.88 bits per heavy atom. The molecule has 0 aliphatic carbocycles. The Balaban J connectivity index is 2.05. The number of benzene rings is 2. The molecule has 3 aromatic rings. The topological polar surface area (TPSA) is 28.7 Å². The van der Waals surface area contributed by atoms with Crippen molar-refractivity contribution >= 4 is 10.8 Å². The van der Waals surface area contributed by atoms with Crippen LogP contribution in [0.4, 0.5) is 0 Å². The van der Waals surface area contributed by atoms with Crippen molar-refractivity contribution in [2.45, 2.75) is 13.3 Å². The number of aryl methyl sites for hydroxylation is 1. The Labute approximate surface area is 100 Å². The fourth-order valence-electron chi connectivity index (χ4n) is 2.18. The van der Waals surface area contributed by atoms with E-state index in [0.717, 1.165) is 17.9 Å². The molecule has 1 N–H and O–H groups in total. The first-order valence-electron chi connectivity index (χ1n) is 5.80. The molecule has 0 unspecified atom stereocenters. The van der Waals surface area contributed by atoms with Crippen LogP contribution in [0.15, 0.2) is 48.7 Å². The van der Waals surface area contributed by atoms with Crippen molar-refractivity contribution in [1.29, 1.82) is 0 Å². The Bertz CT molecular complexity index is 647. The van der Waals surface area contributed by atoms with Crippen LogP contribution in [0.2, 0.25) is 0 Å². The molecule has 0 atom stereocenters. The molecule has 1 aromatic heterocycles. The summed E-state index contributed by atoms with van der Waals surface area (Å²) in [7, 11) is 0. The van der Waals surface area contributed by atoms with E-state index in [2.05, 4.69) is 52.4 Å². The van der Waals surface area contributed by atoms with Crippen LogP contribution < -0.4 is 0 Å². The van der Waals surface area contributed by atoms with E-state index in [0.29, 0.717) is 0 Å². The molecule has 0 aliphatic rings. The van der Waals surface area contributed by atoms with Gasteiger partial charge in [-0.3, -0.25) is 0 Å². The highest BCUT2D eigenvalue weighted by Crippen LogP contribution is 2.20. The third-order valence-electron chi connectivity index (χ3n) is 3.00. The molecule has 2 nitrogen and oxygen atoms in total. The minimum Gasteiger partial charge on any atom is -0.348 e. The van der Waals surface area contributed by atoms with Gasteiger partial charge in [-0.05, 0) is 23.3 Å². The zero-order valence-corrected chi connectivity index (χ0v) is 9.77. The molecule has 0 aliphatic heterocycles. The van der Waals surface area contributed by atoms with E-state index in [-0.39, 0.29) is 0 Å². The number of H-pyrrole nitrogens is 1. The first-order valence-corrected chi connectivity index (χ1v) is 5.80. The molecule has 2 aromatic carbocycles. The maximum absolute atomic E-state index is 4.46. The van der Waals surface area contributed by atoms with Crippen LogP contribution in [0.1, 0.15) is 17.1 Å². The first kappa shape index (κ1) is 10.1. The Morgan fingerprint density at radius 1 is 1.06 bits per heavy atom. The van der Waals surface area contributed by atoms with Crippen molar-refractivity contribution < 1.29 is 0 Å². The molecule has 1 heterocycles. The van der Waals surface area contributed by atoms with Gasteiger partial charge in [0.25, 0.3) is 0 Å². The Kier molecular flexibility index (Phi) is 2.41. The molecule has 0 fully saturated rings. The highest BCUT2D eigenvalue weighted by molar-refractivity contribution is 5.85. The minimum absolute atomic E-state index is 0.856. The molecule has 0 amide bonds. The molecule has 3 rings (SSSR count). The summed E-state index contributed by atoms with van der Waals surface area (Å²) in [6.07, 6.45) is 2.80. The summed E-state index contributed by atoms with van der Waals surface area (Å²) in [6, 6.07) is 14.9. The quantitative estimate of drug-likeness (QED) is 0.706. The number of rotatable bonds is 2. The lowest BCUT2D eigenvalue weighted by molar-refractivity contribution is 1.02. The average molecular weight is 222 g/mol. The third kappa shape index (κ3) is 1.94. The molecular formula is C15H14N2. The highest BCUT2D eigenvalue weighted by Gasteiger charge is 2.03. The molecule has 0 bridgehead atoms. The summed E-state index contributed by atoms with van der Waals surface area (Å²) in [4.78, 5) is 7.66. The number of hydrogen-bond donors (Lipinski definition) is 1. The smallest absolute Gasteiger partial charge is 0.110 e. The number of aromatic nitrogens is 2. The maximum Gasteiger partial charge on any atom is 0.110 e. The second-order valence-corrected chi connectivity index (χ2v) is 4.30. The summed E-state index contributed by atoms with van der Waals surface area (Å²) in [5, 5.41) is 2.59. The number of nitrogens with one attached hydrogen (secondary N) is 1. The van der Waals surface area contributed by atoms with Crippen LogP contribution in [0.3, 0.4) is 0 Å². The molecule has 0 radical (unpaired) electrons. The molecule has 84 valence electrons. The molecule has 0 saturated carbocycles. The van der Waals surface area contributed by atoms with Crippen molar-refractivity contribution in [1.82, 2.24) is 9.97 Å². The molecule has 2 heteroatoms. The van der Waals surface area contributed by atoms with Crippen LogP contribution in [-0.2, 0) is 6.42 Å². The van der Waals surface area contributed by atoms with Crippen LogP contribution >= 0.6 is 0 Å². The lowest BCUT2D eigenvalue weighted by Gasteiger charge is -2.04. The van der Waals surface area contributed by atoms with Crippen LogP contribution in [0.5, 0.6) is 0 Å². The predicted octanol–water partition coefficient (Wildman–Crippen LogP) is 3.46. The van der Waals surface area contributed by atoms with Gasteiger partial charge in [0.05, 0.1) is 5.69 Å². The summed E-state index contributed by atoms with van der Waals surface area (Å²) in [6.45, 7) is 2.00. The van der Waals surface area contributed by atoms with Crippen molar-refractivity contribution in [2.75, 3.05) is 0 Å². The Morgan fingerprint density at radius 3 is 2.71 bits per heavy atom. The minimum atomic E-state index is 0.856. The SMILES string of the molecule is Cc1c[nH]c(Cc2cccc3ccccc23)n1. The van der Waals surface area contributed by atoms with Gasteiger partial charge in [0, 0.05) is 12.6 Å². The summed E-state index contributed by atoms with van der Waals surface area (Å²) < 4.78 is 0. The van der Waals surface area contributed by atoms with Crippen molar-refractivity contribution in [3.63, 3.8) is 0 Å². The number of nitrogens with zero attached hydrogens (tertiary/aromatic N) is 1. The van der Waals surface area contributed by atoms with E-state index in [1.54, 1.807) is 0 Å². The molecule has 17 heavy (non-hydrogen) atoms. The summed E-state index contributed by atoms with van der Waals surface area (Å²) in [5.74, 6) is 1.03. The highest BCUT2D eigenvalue weighted by atomic mass is 14.9. The van der Waals surface area contributed by atoms with Gasteiger partial charge >= 0.3 is 0 Å². The van der Waals surface area contributed by atoms with Gasteiger partial charge in [0.1, 0.15) is 5.82 Å². The first-order chi connectivity index (χ1) is 8.33. The van der Waals surface area contributed by atoms with E-state index in [1.807, 2.05) is 13.1 Å². The van der Waals surface area contributed by atoms with Gasteiger partial charge in [-0.25, -0.2) is 4.98 Å². The zero-order chi connectivity index (χ0) is 11.7. The van der Waals surface area contributed by atoms with E-state index in [9.17, 15) is 0 Å². The Hall–Kier alpha value is -2.09. The van der Waals surface area contributed by atoms with Gasteiger partial charge in [0.15, 0.2) is 0 Å². The van der Waals surface area contributed by atoms with Crippen LogP contribution in [0, 0.1) is 6.92 Å². The van der Waals surface area contributed by atoms with Gasteiger partial charge in [0.2, 0.25) is 0 Å². The predicted molar refractivity (Wildman–Crippen MR) is 70.1 cm³/mol. The van der Waals surface area contributed by atoms with Crippen molar-refractivity contribution in [2.24, 2.45) is 0 Å². The zero-order valence-electron chi connectivity index (χ0n) is 9.77. The number of imidazole rings is 1. The molecule has 0 spiro atoms. The van der Waals surface area contributed by atoms with Gasteiger partial charge < -0.3 is 4.98 Å². The lowest BCUT2D eigenvalue weighted by atomic mass is 10.0. The van der Waals surface area contributed by atoms with Crippen LogP contribution in [0.25, 0.3) is 10.8 Å². The third-order valence-corrected chi connectivity index (χ3v) is 3.00. The maximum atomic E-state index is 4.46. The monoisotopic (exact) mass is 222 g/mol. The second kappa shape index (κ2) is 4.06. The number of hydrogen-bond acceptors (Lipinski definition) is 1. The van der Waals surface area contributed by atoms with E-state index >= 15 is 0 Å². The number of fused-ring (bicyclic) bond motifs is 1. The van der Waals surface area contributed by atoms with E-state index < -0.39 is 0 Å². The summed E-state index contributed by atoms with van der Waals surface area (Å²) in [5.41, 5.74) is 2.36. The van der Waals surface area contributed by atoms with E-state index in [4.69, 9.17) is 0 Å². The molecule has 0 saturated heterocycles. The van der Waals surface area contributed by atoms with Gasteiger partial charge in [-0.2, -0.15) is 0 Å². The summed E-state index contributed by atoms with van der Waals surface area (Å²) >= 11 is 0. The lowest BCUT2D eigenvalue weighted by Crippen LogP contribution is -1.92.